The number of rotatable bonds is 5. The van der Waals surface area contributed by atoms with Gasteiger partial charge in [0.25, 0.3) is 0 Å². The Bertz CT molecular complexity index is 659. The third kappa shape index (κ3) is 6.23. The van der Waals surface area contributed by atoms with Crippen LogP contribution < -0.4 is 5.73 Å². The molecule has 0 fully saturated rings. The third-order valence-electron chi connectivity index (χ3n) is 3.36. The van der Waals surface area contributed by atoms with E-state index in [1.54, 1.807) is 12.1 Å². The number of anilines is 1. The van der Waals surface area contributed by atoms with Crippen LogP contribution in [-0.2, 0) is 19.4 Å². The van der Waals surface area contributed by atoms with Crippen molar-refractivity contribution >= 4 is 30.6 Å². The number of aryl methyl sites for hydroxylation is 3. The van der Waals surface area contributed by atoms with Crippen LogP contribution in [0.2, 0.25) is 0 Å². The Balaban J connectivity index is 0.00000264. The smallest absolute Gasteiger partial charge is 0.162 e. The van der Waals surface area contributed by atoms with Crippen molar-refractivity contribution in [1.29, 1.82) is 0 Å². The lowest BCUT2D eigenvalue weighted by Gasteiger charge is -2.12. The first-order valence-corrected chi connectivity index (χ1v) is 7.19. The van der Waals surface area contributed by atoms with Gasteiger partial charge >= 0.3 is 0 Å². The van der Waals surface area contributed by atoms with Crippen LogP contribution in [0.5, 0.6) is 0 Å². The van der Waals surface area contributed by atoms with Gasteiger partial charge in [-0.2, -0.15) is 0 Å². The molecule has 2 aromatic rings. The molecule has 0 saturated heterocycles. The SMILES string of the molecule is Cc1cc(N)nc(CCc2cc(CN(C)C)cc(F)c2F)c1.Cl.Cl. The molecule has 3 nitrogen and oxygen atoms in total. The fourth-order valence-electron chi connectivity index (χ4n) is 2.51. The Morgan fingerprint density at radius 1 is 1.04 bits per heavy atom. The molecule has 0 unspecified atom stereocenters. The summed E-state index contributed by atoms with van der Waals surface area (Å²) < 4.78 is 27.7. The van der Waals surface area contributed by atoms with Gasteiger partial charge in [-0.05, 0) is 68.8 Å². The van der Waals surface area contributed by atoms with Crippen molar-refractivity contribution in [3.63, 3.8) is 0 Å². The summed E-state index contributed by atoms with van der Waals surface area (Å²) in [7, 11) is 3.78. The lowest BCUT2D eigenvalue weighted by atomic mass is 10.0. The van der Waals surface area contributed by atoms with E-state index in [4.69, 9.17) is 5.73 Å². The van der Waals surface area contributed by atoms with Crippen molar-refractivity contribution in [1.82, 2.24) is 9.88 Å². The number of nitrogens with two attached hydrogens (primary N) is 1. The molecule has 7 heteroatoms. The van der Waals surface area contributed by atoms with Crippen LogP contribution in [0.4, 0.5) is 14.6 Å². The predicted molar refractivity (Wildman–Crippen MR) is 99.0 cm³/mol. The molecule has 0 aliphatic carbocycles. The van der Waals surface area contributed by atoms with E-state index in [0.29, 0.717) is 30.8 Å². The second-order valence-electron chi connectivity index (χ2n) is 5.85. The average Bonchev–Trinajstić information content (AvgIpc) is 2.39. The molecule has 2 N–H and O–H groups in total. The van der Waals surface area contributed by atoms with Crippen molar-refractivity contribution < 1.29 is 8.78 Å². The van der Waals surface area contributed by atoms with Crippen LogP contribution in [0, 0.1) is 18.6 Å². The highest BCUT2D eigenvalue weighted by Gasteiger charge is 2.12. The minimum Gasteiger partial charge on any atom is -0.384 e. The predicted octanol–water partition coefficient (Wildman–Crippen LogP) is 3.94. The minimum atomic E-state index is -0.800. The Kier molecular flexibility index (Phi) is 9.18. The van der Waals surface area contributed by atoms with Gasteiger partial charge in [0, 0.05) is 12.2 Å². The fourth-order valence-corrected chi connectivity index (χ4v) is 2.51. The number of hydrogen-bond acceptors (Lipinski definition) is 3. The van der Waals surface area contributed by atoms with Gasteiger partial charge in [0.2, 0.25) is 0 Å². The van der Waals surface area contributed by atoms with Gasteiger partial charge in [0.1, 0.15) is 5.82 Å². The molecule has 0 radical (unpaired) electrons. The molecular weight excluding hydrogens is 355 g/mol. The summed E-state index contributed by atoms with van der Waals surface area (Å²) in [4.78, 5) is 6.14. The molecule has 0 aliphatic heterocycles. The van der Waals surface area contributed by atoms with Crippen LogP contribution >= 0.6 is 24.8 Å². The van der Waals surface area contributed by atoms with Crippen LogP contribution in [0.25, 0.3) is 0 Å². The number of nitrogens with zero attached hydrogens (tertiary/aromatic N) is 2. The summed E-state index contributed by atoms with van der Waals surface area (Å²) in [5.41, 5.74) is 8.64. The highest BCUT2D eigenvalue weighted by Crippen LogP contribution is 2.18. The Morgan fingerprint density at radius 3 is 2.29 bits per heavy atom. The number of pyridine rings is 1. The Morgan fingerprint density at radius 2 is 1.71 bits per heavy atom. The lowest BCUT2D eigenvalue weighted by molar-refractivity contribution is 0.399. The molecule has 1 heterocycles. The summed E-state index contributed by atoms with van der Waals surface area (Å²) in [6.45, 7) is 2.50. The normalized spacial score (nSPS) is 10.2. The minimum absolute atomic E-state index is 0. The van der Waals surface area contributed by atoms with E-state index in [2.05, 4.69) is 4.98 Å². The summed E-state index contributed by atoms with van der Waals surface area (Å²) in [6, 6.07) is 6.66. The first kappa shape index (κ1) is 22.6. The van der Waals surface area contributed by atoms with Crippen molar-refractivity contribution in [2.75, 3.05) is 19.8 Å². The third-order valence-corrected chi connectivity index (χ3v) is 3.36. The molecule has 0 bridgehead atoms. The molecule has 0 spiro atoms. The van der Waals surface area contributed by atoms with E-state index >= 15 is 0 Å². The van der Waals surface area contributed by atoms with Crippen molar-refractivity contribution in [2.24, 2.45) is 0 Å². The van der Waals surface area contributed by atoms with Crippen LogP contribution in [0.15, 0.2) is 24.3 Å². The van der Waals surface area contributed by atoms with Gasteiger partial charge in [-0.15, -0.1) is 24.8 Å². The Labute approximate surface area is 154 Å². The first-order chi connectivity index (χ1) is 10.3. The topological polar surface area (TPSA) is 42.1 Å². The summed E-state index contributed by atoms with van der Waals surface area (Å²) in [6.07, 6.45) is 0.910. The van der Waals surface area contributed by atoms with Gasteiger partial charge in [-0.25, -0.2) is 13.8 Å². The molecule has 2 rings (SSSR count). The van der Waals surface area contributed by atoms with Crippen LogP contribution in [-0.4, -0.2) is 24.0 Å². The van der Waals surface area contributed by atoms with E-state index in [-0.39, 0.29) is 24.8 Å². The lowest BCUT2D eigenvalue weighted by Crippen LogP contribution is -2.12. The number of hydrogen-bond donors (Lipinski definition) is 1. The number of halogens is 4. The quantitative estimate of drug-likeness (QED) is 0.857. The molecule has 0 atom stereocenters. The molecule has 0 aliphatic rings. The highest BCUT2D eigenvalue weighted by molar-refractivity contribution is 5.85. The highest BCUT2D eigenvalue weighted by atomic mass is 35.5. The second kappa shape index (κ2) is 9.77. The largest absolute Gasteiger partial charge is 0.384 e. The average molecular weight is 378 g/mol. The number of benzene rings is 1. The molecule has 134 valence electrons. The van der Waals surface area contributed by atoms with E-state index in [9.17, 15) is 8.78 Å². The maximum absolute atomic E-state index is 13.9. The fraction of sp³-hybridized carbons (Fsp3) is 0.353. The Hall–Kier alpha value is -1.43. The molecule has 0 amide bonds. The van der Waals surface area contributed by atoms with E-state index in [1.807, 2.05) is 32.0 Å². The van der Waals surface area contributed by atoms with Crippen molar-refractivity contribution in [3.8, 4) is 0 Å². The summed E-state index contributed by atoms with van der Waals surface area (Å²) in [5.74, 6) is -1.13. The van der Waals surface area contributed by atoms with Gasteiger partial charge in [-0.3, -0.25) is 0 Å². The number of nitrogen functional groups attached to an aromatic ring is 1. The van der Waals surface area contributed by atoms with E-state index in [0.717, 1.165) is 16.8 Å². The van der Waals surface area contributed by atoms with Gasteiger partial charge < -0.3 is 10.6 Å². The molecular formula is C17H23Cl2F2N3. The maximum Gasteiger partial charge on any atom is 0.162 e. The first-order valence-electron chi connectivity index (χ1n) is 7.19. The summed E-state index contributed by atoms with van der Waals surface area (Å²) in [5, 5.41) is 0. The number of aromatic nitrogens is 1. The summed E-state index contributed by atoms with van der Waals surface area (Å²) >= 11 is 0. The van der Waals surface area contributed by atoms with Crippen LogP contribution in [0.3, 0.4) is 0 Å². The molecule has 0 saturated carbocycles. The zero-order valence-corrected chi connectivity index (χ0v) is 15.6. The van der Waals surface area contributed by atoms with Crippen molar-refractivity contribution in [3.05, 3.63) is 58.3 Å². The van der Waals surface area contributed by atoms with Gasteiger partial charge in [-0.1, -0.05) is 6.07 Å². The van der Waals surface area contributed by atoms with E-state index < -0.39 is 11.6 Å². The standard InChI is InChI=1S/C17H21F2N3.2ClH/c1-11-6-14(21-16(20)7-11)5-4-13-8-12(10-22(2)3)9-15(18)17(13)19;;/h6-9H,4-5,10H2,1-3H3,(H2,20,21);2*1H. The molecule has 1 aromatic heterocycles. The van der Waals surface area contributed by atoms with E-state index in [1.165, 1.54) is 6.07 Å². The zero-order chi connectivity index (χ0) is 16.3. The second-order valence-corrected chi connectivity index (χ2v) is 5.85. The van der Waals surface area contributed by atoms with Crippen molar-refractivity contribution in [2.45, 2.75) is 26.3 Å². The maximum atomic E-state index is 13.9. The zero-order valence-electron chi connectivity index (χ0n) is 14.0. The van der Waals surface area contributed by atoms with Gasteiger partial charge in [0.05, 0.1) is 0 Å². The van der Waals surface area contributed by atoms with Gasteiger partial charge in [0.15, 0.2) is 11.6 Å². The molecule has 24 heavy (non-hydrogen) atoms. The van der Waals surface area contributed by atoms with Crippen LogP contribution in [0.1, 0.15) is 22.4 Å². The molecule has 1 aromatic carbocycles. The monoisotopic (exact) mass is 377 g/mol.